The number of rotatable bonds is 5. The molecule has 0 fully saturated rings. The summed E-state index contributed by atoms with van der Waals surface area (Å²) in [4.78, 5) is 19.3. The highest BCUT2D eigenvalue weighted by atomic mass is 16.5. The first-order valence-electron chi connectivity index (χ1n) is 8.38. The van der Waals surface area contributed by atoms with Crippen molar-refractivity contribution in [3.05, 3.63) is 54.6 Å². The Hall–Kier alpha value is -3.62. The average molecular weight is 362 g/mol. The third-order valence-electron chi connectivity index (χ3n) is 4.03. The molecule has 0 radical (unpaired) electrons. The second-order valence-corrected chi connectivity index (χ2v) is 6.15. The molecule has 4 aromatic rings. The molecule has 9 nitrogen and oxygen atoms in total. The highest BCUT2D eigenvalue weighted by molar-refractivity contribution is 5.61. The molecule has 0 atom stereocenters. The number of hydrogen-bond donors (Lipinski definition) is 0. The fourth-order valence-corrected chi connectivity index (χ4v) is 2.74. The predicted octanol–water partition coefficient (Wildman–Crippen LogP) is 2.27. The van der Waals surface area contributed by atoms with Gasteiger partial charge in [0.15, 0.2) is 0 Å². The minimum atomic E-state index is 0.392. The van der Waals surface area contributed by atoms with E-state index in [0.717, 1.165) is 22.5 Å². The van der Waals surface area contributed by atoms with Crippen molar-refractivity contribution in [2.75, 3.05) is 11.9 Å². The fraction of sp³-hybridized carbons (Fsp3) is 0.222. The lowest BCUT2D eigenvalue weighted by Crippen LogP contribution is -2.19. The molecular weight excluding hydrogens is 344 g/mol. The van der Waals surface area contributed by atoms with Crippen LogP contribution in [0.3, 0.4) is 0 Å². The van der Waals surface area contributed by atoms with Gasteiger partial charge in [0.2, 0.25) is 17.7 Å². The summed E-state index contributed by atoms with van der Waals surface area (Å²) in [6.07, 6.45) is 7.07. The van der Waals surface area contributed by atoms with Crippen LogP contribution in [0.2, 0.25) is 0 Å². The molecule has 0 unspecified atom stereocenters. The first kappa shape index (κ1) is 16.8. The molecule has 0 aromatic carbocycles. The van der Waals surface area contributed by atoms with Gasteiger partial charge in [0.1, 0.15) is 0 Å². The standard InChI is InChI=1S/C18H18N8O/c1-12-14(10-26(3)23-12)15-6-8-20-18(21-15)25(2)11-16-22-17(24-27-16)13-5-4-7-19-9-13/h4-10H,11H2,1-3H3. The van der Waals surface area contributed by atoms with Gasteiger partial charge in [-0.1, -0.05) is 5.16 Å². The van der Waals surface area contributed by atoms with Crippen LogP contribution in [-0.2, 0) is 13.6 Å². The van der Waals surface area contributed by atoms with Gasteiger partial charge in [-0.2, -0.15) is 10.1 Å². The van der Waals surface area contributed by atoms with Crippen molar-refractivity contribution in [1.29, 1.82) is 0 Å². The molecule has 4 aromatic heterocycles. The van der Waals surface area contributed by atoms with E-state index in [1.807, 2.05) is 50.3 Å². The maximum Gasteiger partial charge on any atom is 0.246 e. The van der Waals surface area contributed by atoms with E-state index < -0.39 is 0 Å². The molecule has 27 heavy (non-hydrogen) atoms. The molecule has 0 saturated carbocycles. The van der Waals surface area contributed by atoms with Crippen LogP contribution in [0.4, 0.5) is 5.95 Å². The van der Waals surface area contributed by atoms with Crippen LogP contribution in [0, 0.1) is 6.92 Å². The van der Waals surface area contributed by atoms with Gasteiger partial charge in [0.25, 0.3) is 0 Å². The average Bonchev–Trinajstić information content (AvgIpc) is 3.28. The minimum Gasteiger partial charge on any atom is -0.337 e. The molecule has 0 aliphatic carbocycles. The SMILES string of the molecule is Cc1nn(C)cc1-c1ccnc(N(C)Cc2nc(-c3cccnc3)no2)n1. The number of anilines is 1. The van der Waals surface area contributed by atoms with Crippen molar-refractivity contribution in [2.24, 2.45) is 7.05 Å². The van der Waals surface area contributed by atoms with Crippen LogP contribution < -0.4 is 4.90 Å². The Morgan fingerprint density at radius 2 is 2.07 bits per heavy atom. The quantitative estimate of drug-likeness (QED) is 0.533. The van der Waals surface area contributed by atoms with E-state index in [0.29, 0.717) is 24.2 Å². The number of pyridine rings is 1. The Morgan fingerprint density at radius 3 is 2.81 bits per heavy atom. The Kier molecular flexibility index (Phi) is 4.33. The van der Waals surface area contributed by atoms with Crippen LogP contribution >= 0.6 is 0 Å². The van der Waals surface area contributed by atoms with E-state index in [1.54, 1.807) is 23.3 Å². The lowest BCUT2D eigenvalue weighted by Gasteiger charge is -2.14. The Morgan fingerprint density at radius 1 is 1.19 bits per heavy atom. The third-order valence-corrected chi connectivity index (χ3v) is 4.03. The van der Waals surface area contributed by atoms with E-state index in [4.69, 9.17) is 4.52 Å². The molecule has 0 amide bonds. The zero-order valence-electron chi connectivity index (χ0n) is 15.2. The normalized spacial score (nSPS) is 10.9. The van der Waals surface area contributed by atoms with E-state index in [9.17, 15) is 0 Å². The van der Waals surface area contributed by atoms with Crippen LogP contribution in [0.15, 0.2) is 47.5 Å². The van der Waals surface area contributed by atoms with Gasteiger partial charge >= 0.3 is 0 Å². The first-order valence-corrected chi connectivity index (χ1v) is 8.38. The Labute approximate surface area is 155 Å². The molecule has 0 bridgehead atoms. The molecule has 136 valence electrons. The molecule has 4 rings (SSSR count). The summed E-state index contributed by atoms with van der Waals surface area (Å²) in [6, 6.07) is 5.58. The van der Waals surface area contributed by atoms with Crippen LogP contribution in [0.1, 0.15) is 11.6 Å². The summed E-state index contributed by atoms with van der Waals surface area (Å²) >= 11 is 0. The summed E-state index contributed by atoms with van der Waals surface area (Å²) in [6.45, 7) is 2.35. The maximum absolute atomic E-state index is 5.35. The van der Waals surface area contributed by atoms with Gasteiger partial charge < -0.3 is 9.42 Å². The second kappa shape index (κ2) is 6.94. The van der Waals surface area contributed by atoms with Crippen molar-refractivity contribution in [3.63, 3.8) is 0 Å². The minimum absolute atomic E-state index is 0.392. The zero-order valence-corrected chi connectivity index (χ0v) is 15.2. The van der Waals surface area contributed by atoms with E-state index >= 15 is 0 Å². The lowest BCUT2D eigenvalue weighted by atomic mass is 10.2. The van der Waals surface area contributed by atoms with Crippen LogP contribution in [-0.4, -0.2) is 41.9 Å². The van der Waals surface area contributed by atoms with Gasteiger partial charge in [0.05, 0.1) is 17.9 Å². The highest BCUT2D eigenvalue weighted by Gasteiger charge is 2.14. The van der Waals surface area contributed by atoms with E-state index in [1.165, 1.54) is 0 Å². The smallest absolute Gasteiger partial charge is 0.246 e. The van der Waals surface area contributed by atoms with Crippen molar-refractivity contribution >= 4 is 5.95 Å². The Balaban J connectivity index is 1.54. The zero-order chi connectivity index (χ0) is 18.8. The molecule has 0 N–H and O–H groups in total. The summed E-state index contributed by atoms with van der Waals surface area (Å²) in [5, 5.41) is 8.37. The van der Waals surface area contributed by atoms with E-state index in [2.05, 4.69) is 30.2 Å². The second-order valence-electron chi connectivity index (χ2n) is 6.15. The highest BCUT2D eigenvalue weighted by Crippen LogP contribution is 2.22. The largest absolute Gasteiger partial charge is 0.337 e. The monoisotopic (exact) mass is 362 g/mol. The van der Waals surface area contributed by atoms with Gasteiger partial charge in [-0.15, -0.1) is 0 Å². The first-order chi connectivity index (χ1) is 13.1. The van der Waals surface area contributed by atoms with Crippen molar-refractivity contribution < 1.29 is 4.52 Å². The number of aromatic nitrogens is 7. The maximum atomic E-state index is 5.35. The van der Waals surface area contributed by atoms with Crippen LogP contribution in [0.25, 0.3) is 22.6 Å². The van der Waals surface area contributed by atoms with Gasteiger partial charge in [-0.3, -0.25) is 9.67 Å². The van der Waals surface area contributed by atoms with Gasteiger partial charge in [-0.25, -0.2) is 9.97 Å². The molecule has 9 heteroatoms. The fourth-order valence-electron chi connectivity index (χ4n) is 2.74. The van der Waals surface area contributed by atoms with Gasteiger partial charge in [-0.05, 0) is 25.1 Å². The number of hydrogen-bond acceptors (Lipinski definition) is 8. The van der Waals surface area contributed by atoms with Crippen molar-refractivity contribution in [1.82, 2.24) is 34.9 Å². The summed E-state index contributed by atoms with van der Waals surface area (Å²) < 4.78 is 7.12. The molecule has 0 spiro atoms. The molecule has 0 aliphatic rings. The Bertz CT molecular complexity index is 1060. The molecular formula is C18H18N8O. The molecule has 0 aliphatic heterocycles. The lowest BCUT2D eigenvalue weighted by molar-refractivity contribution is 0.378. The topological polar surface area (TPSA) is 98.7 Å². The summed E-state index contributed by atoms with van der Waals surface area (Å²) in [5.41, 5.74) is 3.52. The molecule has 4 heterocycles. The number of nitrogens with zero attached hydrogens (tertiary/aromatic N) is 8. The third kappa shape index (κ3) is 3.52. The predicted molar refractivity (Wildman–Crippen MR) is 98.6 cm³/mol. The molecule has 0 saturated heterocycles. The van der Waals surface area contributed by atoms with Crippen molar-refractivity contribution in [2.45, 2.75) is 13.5 Å². The van der Waals surface area contributed by atoms with Gasteiger partial charge in [0, 0.05) is 50.0 Å². The summed E-state index contributed by atoms with van der Waals surface area (Å²) in [5.74, 6) is 1.55. The van der Waals surface area contributed by atoms with Crippen molar-refractivity contribution in [3.8, 4) is 22.6 Å². The van der Waals surface area contributed by atoms with E-state index in [-0.39, 0.29) is 0 Å². The number of aryl methyl sites for hydroxylation is 2. The summed E-state index contributed by atoms with van der Waals surface area (Å²) in [7, 11) is 3.77. The van der Waals surface area contributed by atoms with Crippen LogP contribution in [0.5, 0.6) is 0 Å².